The summed E-state index contributed by atoms with van der Waals surface area (Å²) < 4.78 is 0.947. The van der Waals surface area contributed by atoms with Gasteiger partial charge in [0.15, 0.2) is 0 Å². The monoisotopic (exact) mass is 290 g/mol. The Morgan fingerprint density at radius 2 is 1.87 bits per heavy atom. The molecule has 0 saturated carbocycles. The molecule has 0 aliphatic heterocycles. The van der Waals surface area contributed by atoms with E-state index in [4.69, 9.17) is 16.7 Å². The third kappa shape index (κ3) is 2.73. The largest absolute Gasteiger partial charge is 0.481 e. The first-order chi connectivity index (χ1) is 6.85. The van der Waals surface area contributed by atoms with Crippen LogP contribution >= 0.6 is 27.5 Å². The molecule has 1 unspecified atom stereocenters. The van der Waals surface area contributed by atoms with Crippen molar-refractivity contribution >= 4 is 33.5 Å². The van der Waals surface area contributed by atoms with Crippen LogP contribution in [-0.4, -0.2) is 11.1 Å². The summed E-state index contributed by atoms with van der Waals surface area (Å²) in [7, 11) is 0. The molecule has 0 aromatic heterocycles. The first-order valence-electron chi connectivity index (χ1n) is 4.48. The molecule has 82 valence electrons. The number of hydrogen-bond acceptors (Lipinski definition) is 1. The lowest BCUT2D eigenvalue weighted by Crippen LogP contribution is -2.28. The summed E-state index contributed by atoms with van der Waals surface area (Å²) in [5, 5.41) is 8.50. The second-order valence-corrected chi connectivity index (χ2v) is 5.29. The normalized spacial score (nSPS) is 13.6. The molecule has 1 atom stereocenters. The molecule has 0 fully saturated rings. The van der Waals surface area contributed by atoms with E-state index < -0.39 is 16.8 Å². The molecule has 0 spiro atoms. The van der Waals surface area contributed by atoms with E-state index in [0.717, 1.165) is 10.0 Å². The molecule has 15 heavy (non-hydrogen) atoms. The van der Waals surface area contributed by atoms with Gasteiger partial charge in [-0.05, 0) is 31.5 Å². The van der Waals surface area contributed by atoms with Crippen molar-refractivity contribution < 1.29 is 9.90 Å². The Morgan fingerprint density at radius 1 is 1.40 bits per heavy atom. The van der Waals surface area contributed by atoms with Crippen molar-refractivity contribution in [1.29, 1.82) is 0 Å². The standard InChI is InChI=1S/C11H12BrClO2/c1-11(2,10(14)15)9(13)7-3-5-8(12)6-4-7/h3-6,9H,1-2H3,(H,14,15). The zero-order chi connectivity index (χ0) is 11.6. The van der Waals surface area contributed by atoms with Crippen molar-refractivity contribution in [2.24, 2.45) is 5.41 Å². The number of carbonyl (C=O) groups is 1. The molecule has 0 heterocycles. The molecule has 0 aliphatic carbocycles. The summed E-state index contributed by atoms with van der Waals surface area (Å²) in [6.45, 7) is 3.24. The number of aliphatic carboxylic acids is 1. The highest BCUT2D eigenvalue weighted by atomic mass is 79.9. The summed E-state index contributed by atoms with van der Waals surface area (Å²) >= 11 is 9.46. The number of alkyl halides is 1. The Hall–Kier alpha value is -0.540. The SMILES string of the molecule is CC(C)(C(=O)O)C(Cl)c1ccc(Br)cc1. The highest BCUT2D eigenvalue weighted by Crippen LogP contribution is 2.39. The fraction of sp³-hybridized carbons (Fsp3) is 0.364. The zero-order valence-corrected chi connectivity index (χ0v) is 10.8. The quantitative estimate of drug-likeness (QED) is 0.859. The molecule has 1 aromatic rings. The van der Waals surface area contributed by atoms with Crippen LogP contribution in [0.3, 0.4) is 0 Å². The van der Waals surface area contributed by atoms with E-state index in [9.17, 15) is 4.79 Å². The lowest BCUT2D eigenvalue weighted by Gasteiger charge is -2.25. The lowest BCUT2D eigenvalue weighted by atomic mass is 9.85. The van der Waals surface area contributed by atoms with Gasteiger partial charge in [0, 0.05) is 4.47 Å². The number of carboxylic acids is 1. The molecule has 0 amide bonds. The minimum absolute atomic E-state index is 0.539. The lowest BCUT2D eigenvalue weighted by molar-refractivity contribution is -0.147. The van der Waals surface area contributed by atoms with Crippen LogP contribution in [0.1, 0.15) is 24.8 Å². The van der Waals surface area contributed by atoms with Crippen molar-refractivity contribution in [3.63, 3.8) is 0 Å². The van der Waals surface area contributed by atoms with Crippen molar-refractivity contribution in [2.75, 3.05) is 0 Å². The van der Waals surface area contributed by atoms with Gasteiger partial charge in [0.25, 0.3) is 0 Å². The van der Waals surface area contributed by atoms with Crippen LogP contribution in [0.25, 0.3) is 0 Å². The van der Waals surface area contributed by atoms with E-state index in [0.29, 0.717) is 0 Å². The first kappa shape index (κ1) is 12.5. The van der Waals surface area contributed by atoms with Gasteiger partial charge >= 0.3 is 5.97 Å². The van der Waals surface area contributed by atoms with Gasteiger partial charge in [-0.15, -0.1) is 11.6 Å². The smallest absolute Gasteiger partial charge is 0.310 e. The molecule has 1 aromatic carbocycles. The summed E-state index contributed by atoms with van der Waals surface area (Å²) in [6.07, 6.45) is 0. The summed E-state index contributed by atoms with van der Waals surface area (Å²) in [4.78, 5) is 11.0. The van der Waals surface area contributed by atoms with Gasteiger partial charge < -0.3 is 5.11 Å². The van der Waals surface area contributed by atoms with E-state index in [-0.39, 0.29) is 0 Å². The number of halogens is 2. The van der Waals surface area contributed by atoms with Gasteiger partial charge in [0.1, 0.15) is 0 Å². The van der Waals surface area contributed by atoms with E-state index in [1.807, 2.05) is 24.3 Å². The number of benzene rings is 1. The maximum atomic E-state index is 11.0. The second kappa shape index (κ2) is 4.54. The Labute approximate surface area is 102 Å². The minimum Gasteiger partial charge on any atom is -0.481 e. The average Bonchev–Trinajstić information content (AvgIpc) is 2.17. The minimum atomic E-state index is -0.977. The van der Waals surface area contributed by atoms with Crippen LogP contribution < -0.4 is 0 Å². The van der Waals surface area contributed by atoms with Crippen LogP contribution in [0.5, 0.6) is 0 Å². The average molecular weight is 292 g/mol. The number of carboxylic acid groups (broad SMARTS) is 1. The maximum Gasteiger partial charge on any atom is 0.310 e. The molecular formula is C11H12BrClO2. The van der Waals surface area contributed by atoms with Crippen molar-refractivity contribution in [2.45, 2.75) is 19.2 Å². The van der Waals surface area contributed by atoms with Crippen LogP contribution in [0, 0.1) is 5.41 Å². The number of hydrogen-bond donors (Lipinski definition) is 1. The summed E-state index contributed by atoms with van der Waals surface area (Å²) in [5.41, 5.74) is -0.165. The van der Waals surface area contributed by atoms with E-state index in [2.05, 4.69) is 15.9 Å². The Kier molecular flexibility index (Phi) is 3.79. The Morgan fingerprint density at radius 3 is 2.27 bits per heavy atom. The third-order valence-electron chi connectivity index (χ3n) is 2.35. The van der Waals surface area contributed by atoms with Gasteiger partial charge in [0.2, 0.25) is 0 Å². The molecule has 2 nitrogen and oxygen atoms in total. The summed E-state index contributed by atoms with van der Waals surface area (Å²) in [6, 6.07) is 7.35. The first-order valence-corrected chi connectivity index (χ1v) is 5.71. The molecular weight excluding hydrogens is 279 g/mol. The zero-order valence-electron chi connectivity index (χ0n) is 8.50. The topological polar surface area (TPSA) is 37.3 Å². The highest BCUT2D eigenvalue weighted by molar-refractivity contribution is 9.10. The molecule has 0 radical (unpaired) electrons. The fourth-order valence-electron chi connectivity index (χ4n) is 1.16. The van der Waals surface area contributed by atoms with Crippen LogP contribution in [0.4, 0.5) is 0 Å². The molecule has 1 N–H and O–H groups in total. The van der Waals surface area contributed by atoms with Gasteiger partial charge in [-0.3, -0.25) is 4.79 Å². The van der Waals surface area contributed by atoms with Gasteiger partial charge in [0.05, 0.1) is 10.8 Å². The Bertz CT molecular complexity index is 359. The molecule has 0 bridgehead atoms. The molecule has 4 heteroatoms. The van der Waals surface area contributed by atoms with E-state index >= 15 is 0 Å². The molecule has 0 aliphatic rings. The summed E-state index contributed by atoms with van der Waals surface area (Å²) in [5.74, 6) is -0.898. The van der Waals surface area contributed by atoms with Crippen LogP contribution in [-0.2, 0) is 4.79 Å². The van der Waals surface area contributed by atoms with Crippen molar-refractivity contribution in [1.82, 2.24) is 0 Å². The van der Waals surface area contributed by atoms with Gasteiger partial charge in [-0.1, -0.05) is 28.1 Å². The molecule has 0 saturated heterocycles. The van der Waals surface area contributed by atoms with Crippen LogP contribution in [0.2, 0.25) is 0 Å². The maximum absolute atomic E-state index is 11.0. The van der Waals surface area contributed by atoms with Gasteiger partial charge in [-0.2, -0.15) is 0 Å². The van der Waals surface area contributed by atoms with E-state index in [1.54, 1.807) is 13.8 Å². The predicted molar refractivity (Wildman–Crippen MR) is 64.2 cm³/mol. The van der Waals surface area contributed by atoms with Gasteiger partial charge in [-0.25, -0.2) is 0 Å². The van der Waals surface area contributed by atoms with Crippen LogP contribution in [0.15, 0.2) is 28.7 Å². The molecule has 1 rings (SSSR count). The van der Waals surface area contributed by atoms with Crippen molar-refractivity contribution in [3.05, 3.63) is 34.3 Å². The van der Waals surface area contributed by atoms with E-state index in [1.165, 1.54) is 0 Å². The second-order valence-electron chi connectivity index (χ2n) is 3.94. The fourth-order valence-corrected chi connectivity index (χ4v) is 1.66. The Balaban J connectivity index is 2.99. The third-order valence-corrected chi connectivity index (χ3v) is 3.67. The predicted octanol–water partition coefficient (Wildman–Crippen LogP) is 3.84. The number of rotatable bonds is 3. The highest BCUT2D eigenvalue weighted by Gasteiger charge is 2.36. The van der Waals surface area contributed by atoms with Crippen molar-refractivity contribution in [3.8, 4) is 0 Å².